The van der Waals surface area contributed by atoms with Crippen LogP contribution in [0.3, 0.4) is 0 Å². The van der Waals surface area contributed by atoms with E-state index in [0.717, 1.165) is 12.8 Å². The average molecular weight is 457 g/mol. The summed E-state index contributed by atoms with van der Waals surface area (Å²) in [4.78, 5) is 13.3. The van der Waals surface area contributed by atoms with Crippen LogP contribution >= 0.6 is 18.9 Å². The number of nitrogens with two attached hydrogens (primary N) is 1. The molecule has 4 N–H and O–H groups in total. The van der Waals surface area contributed by atoms with Gasteiger partial charge in [0.25, 0.3) is 5.56 Å². The summed E-state index contributed by atoms with van der Waals surface area (Å²) in [6.45, 7) is 0.450. The van der Waals surface area contributed by atoms with Crippen LogP contribution in [0.15, 0.2) is 44.6 Å². The van der Waals surface area contributed by atoms with Crippen molar-refractivity contribution in [3.8, 4) is 17.0 Å². The normalized spacial score (nSPS) is 20.1. The standard InChI is InChI=1S/C20H20N5O4PS/c1-29-30(28)15-8-13(21)4-5-14(15)22-19(24-30)16-18(26)17(12-6-7-31-10-12)23-25(20(16)27)9-11-2-3-11/h4-8,10-11,26H,2-3,9,21H2,1H3,(H,22,24,28). The second kappa shape index (κ2) is 7.33. The van der Waals surface area contributed by atoms with Gasteiger partial charge in [-0.2, -0.15) is 21.2 Å². The highest BCUT2D eigenvalue weighted by Crippen LogP contribution is 2.51. The molecule has 1 aromatic carbocycles. The molecule has 160 valence electrons. The first-order valence-corrected chi connectivity index (χ1v) is 12.2. The summed E-state index contributed by atoms with van der Waals surface area (Å²) in [5, 5.41) is 22.5. The Morgan fingerprint density at radius 3 is 2.87 bits per heavy atom. The minimum absolute atomic E-state index is 0.0200. The third-order valence-corrected chi connectivity index (χ3v) is 7.97. The smallest absolute Gasteiger partial charge is 0.348 e. The lowest BCUT2D eigenvalue weighted by Crippen LogP contribution is -2.35. The quantitative estimate of drug-likeness (QED) is 0.396. The second-order valence-electron chi connectivity index (χ2n) is 7.57. The zero-order chi connectivity index (χ0) is 21.8. The Morgan fingerprint density at radius 2 is 2.19 bits per heavy atom. The van der Waals surface area contributed by atoms with E-state index in [9.17, 15) is 14.5 Å². The number of hydrogen-bond donors (Lipinski definition) is 3. The first kappa shape index (κ1) is 20.0. The van der Waals surface area contributed by atoms with Crippen molar-refractivity contribution in [3.63, 3.8) is 0 Å². The van der Waals surface area contributed by atoms with E-state index in [1.807, 2.05) is 16.8 Å². The summed E-state index contributed by atoms with van der Waals surface area (Å²) in [5.74, 6) is 0.0459. The lowest BCUT2D eigenvalue weighted by molar-refractivity contribution is 0.404. The molecule has 0 spiro atoms. The maximum atomic E-state index is 13.5. The largest absolute Gasteiger partial charge is 0.505 e. The number of nitrogens with zero attached hydrogens (tertiary/aromatic N) is 3. The molecule has 1 aliphatic heterocycles. The van der Waals surface area contributed by atoms with Gasteiger partial charge < -0.3 is 20.7 Å². The van der Waals surface area contributed by atoms with Crippen LogP contribution in [0.25, 0.3) is 11.3 Å². The Balaban J connectivity index is 1.73. The molecule has 11 heteroatoms. The average Bonchev–Trinajstić information content (AvgIpc) is 3.40. The van der Waals surface area contributed by atoms with Gasteiger partial charge in [0.15, 0.2) is 11.6 Å². The number of benzene rings is 1. The van der Waals surface area contributed by atoms with Crippen LogP contribution in [-0.4, -0.2) is 27.8 Å². The lowest BCUT2D eigenvalue weighted by Gasteiger charge is -2.25. The summed E-state index contributed by atoms with van der Waals surface area (Å²) < 4.78 is 24.3. The van der Waals surface area contributed by atoms with Gasteiger partial charge in [0.2, 0.25) is 0 Å². The van der Waals surface area contributed by atoms with Gasteiger partial charge in [0.1, 0.15) is 11.3 Å². The van der Waals surface area contributed by atoms with Crippen LogP contribution in [0.2, 0.25) is 0 Å². The molecule has 1 fully saturated rings. The van der Waals surface area contributed by atoms with Crippen LogP contribution in [0, 0.1) is 5.92 Å². The Kier molecular flexibility index (Phi) is 4.73. The van der Waals surface area contributed by atoms with Crippen molar-refractivity contribution in [2.24, 2.45) is 10.7 Å². The van der Waals surface area contributed by atoms with Crippen molar-refractivity contribution in [1.82, 2.24) is 9.78 Å². The van der Waals surface area contributed by atoms with Crippen molar-refractivity contribution in [3.05, 3.63) is 50.9 Å². The number of nitrogens with one attached hydrogen (secondary N) is 1. The van der Waals surface area contributed by atoms with E-state index in [1.165, 1.54) is 29.2 Å². The molecule has 3 aromatic rings. The van der Waals surface area contributed by atoms with Gasteiger partial charge >= 0.3 is 7.52 Å². The Morgan fingerprint density at radius 1 is 1.39 bits per heavy atom. The first-order valence-electron chi connectivity index (χ1n) is 9.70. The van der Waals surface area contributed by atoms with Gasteiger partial charge in [0.05, 0.1) is 11.0 Å². The van der Waals surface area contributed by atoms with E-state index in [0.29, 0.717) is 34.7 Å². The number of fused-ring (bicyclic) bond motifs is 1. The maximum absolute atomic E-state index is 13.5. The van der Waals surface area contributed by atoms with Crippen molar-refractivity contribution in [2.45, 2.75) is 19.4 Å². The van der Waals surface area contributed by atoms with E-state index in [4.69, 9.17) is 10.3 Å². The molecular formula is C20H20N5O4PS. The van der Waals surface area contributed by atoms with Crippen LogP contribution in [-0.2, 0) is 15.6 Å². The molecule has 1 saturated carbocycles. The summed E-state index contributed by atoms with van der Waals surface area (Å²) in [6.07, 6.45) is 2.07. The highest BCUT2D eigenvalue weighted by Gasteiger charge is 2.36. The van der Waals surface area contributed by atoms with Gasteiger partial charge in [-0.15, -0.1) is 0 Å². The second-order valence-corrected chi connectivity index (χ2v) is 10.4. The SMILES string of the molecule is COP1(=O)N=C(c2c(O)c(-c3ccsc3)nn(CC3CC3)c2=O)Nc2ccc(N)cc21. The van der Waals surface area contributed by atoms with Crippen molar-refractivity contribution < 1.29 is 14.2 Å². The minimum atomic E-state index is -3.71. The molecule has 9 nitrogen and oxygen atoms in total. The molecule has 0 amide bonds. The van der Waals surface area contributed by atoms with Crippen molar-refractivity contribution in [2.75, 3.05) is 18.2 Å². The molecule has 2 aliphatic rings. The molecular weight excluding hydrogens is 437 g/mol. The summed E-state index contributed by atoms with van der Waals surface area (Å²) in [5.41, 5.74) is 7.08. The lowest BCUT2D eigenvalue weighted by atomic mass is 10.1. The highest BCUT2D eigenvalue weighted by atomic mass is 32.1. The molecule has 1 atom stereocenters. The number of anilines is 2. The van der Waals surface area contributed by atoms with Gasteiger partial charge in [-0.25, -0.2) is 4.68 Å². The highest BCUT2D eigenvalue weighted by molar-refractivity contribution is 7.66. The van der Waals surface area contributed by atoms with E-state index < -0.39 is 13.1 Å². The number of aromatic hydroxyl groups is 1. The monoisotopic (exact) mass is 457 g/mol. The van der Waals surface area contributed by atoms with Crippen LogP contribution < -0.4 is 21.9 Å². The number of hydrogen-bond acceptors (Lipinski definition) is 8. The first-order chi connectivity index (χ1) is 14.9. The minimum Gasteiger partial charge on any atom is -0.505 e. The molecule has 0 saturated heterocycles. The van der Waals surface area contributed by atoms with Crippen LogP contribution in [0.5, 0.6) is 5.75 Å². The number of nitrogen functional groups attached to an aromatic ring is 1. The number of thiophene rings is 1. The Bertz CT molecular complexity index is 1310. The van der Waals surface area contributed by atoms with E-state index >= 15 is 0 Å². The van der Waals surface area contributed by atoms with E-state index in [2.05, 4.69) is 15.2 Å². The Hall–Kier alpha value is -2.94. The zero-order valence-corrected chi connectivity index (χ0v) is 18.3. The van der Waals surface area contributed by atoms with Crippen molar-refractivity contribution in [1.29, 1.82) is 0 Å². The fraction of sp³-hybridized carbons (Fsp3) is 0.250. The zero-order valence-electron chi connectivity index (χ0n) is 16.6. The summed E-state index contributed by atoms with van der Waals surface area (Å²) in [7, 11) is -2.42. The molecule has 1 aliphatic carbocycles. The number of amidine groups is 1. The van der Waals surface area contributed by atoms with Gasteiger partial charge in [0, 0.05) is 30.3 Å². The predicted octanol–water partition coefficient (Wildman–Crippen LogP) is 3.01. The molecule has 31 heavy (non-hydrogen) atoms. The van der Waals surface area contributed by atoms with E-state index in [1.54, 1.807) is 12.1 Å². The molecule has 0 bridgehead atoms. The van der Waals surface area contributed by atoms with Gasteiger partial charge in [-0.3, -0.25) is 9.36 Å². The fourth-order valence-electron chi connectivity index (χ4n) is 3.52. The summed E-state index contributed by atoms with van der Waals surface area (Å²) >= 11 is 1.46. The van der Waals surface area contributed by atoms with Gasteiger partial charge in [-0.05, 0) is 48.4 Å². The van der Waals surface area contributed by atoms with E-state index in [-0.39, 0.29) is 22.8 Å². The topological polar surface area (TPSA) is 132 Å². The predicted molar refractivity (Wildman–Crippen MR) is 121 cm³/mol. The molecule has 2 aromatic heterocycles. The molecule has 1 unspecified atom stereocenters. The van der Waals surface area contributed by atoms with Gasteiger partial charge in [-0.1, -0.05) is 0 Å². The number of aromatic nitrogens is 2. The maximum Gasteiger partial charge on any atom is 0.348 e. The summed E-state index contributed by atoms with van der Waals surface area (Å²) in [6, 6.07) is 6.63. The fourth-order valence-corrected chi connectivity index (χ4v) is 5.70. The molecule has 0 radical (unpaired) electrons. The van der Waals surface area contributed by atoms with Crippen LogP contribution in [0.1, 0.15) is 18.4 Å². The third-order valence-electron chi connectivity index (χ3n) is 5.35. The third kappa shape index (κ3) is 3.46. The molecule has 3 heterocycles. The van der Waals surface area contributed by atoms with Crippen LogP contribution in [0.4, 0.5) is 11.4 Å². The van der Waals surface area contributed by atoms with Crippen molar-refractivity contribution >= 4 is 41.4 Å². The molecule has 5 rings (SSSR count). The number of rotatable bonds is 5. The Labute approximate surface area is 181 Å².